The van der Waals surface area contributed by atoms with Crippen molar-refractivity contribution in [3.8, 4) is 0 Å². The second kappa shape index (κ2) is 11.3. The number of alkyl halides is 9. The predicted octanol–water partition coefficient (Wildman–Crippen LogP) is 8.81. The number of halogens is 14. The Kier molecular flexibility index (Phi) is 9.37. The van der Waals surface area contributed by atoms with Gasteiger partial charge in [-0.2, -0.15) is 48.3 Å². The SMILES string of the molecule is CC\C=C/C=C\C=C\[P+](c1ccccc1)(c1c(F)c(F)c(F)c(F)c1F)C(F)(F)C(F)(F)C(F)(F)C(F)(F)F. The molecule has 0 nitrogen and oxygen atoms in total. The molecule has 15 heteroatoms. The van der Waals surface area contributed by atoms with Gasteiger partial charge in [-0.3, -0.25) is 0 Å². The first-order valence-corrected chi connectivity index (χ1v) is 12.4. The predicted molar refractivity (Wildman–Crippen MR) is 117 cm³/mol. The van der Waals surface area contributed by atoms with Crippen LogP contribution in [0.25, 0.3) is 0 Å². The Bertz CT molecular complexity index is 1230. The van der Waals surface area contributed by atoms with Crippen molar-refractivity contribution >= 4 is 17.9 Å². The average Bonchev–Trinajstić information content (AvgIpc) is 2.86. The van der Waals surface area contributed by atoms with Gasteiger partial charge in [0.15, 0.2) is 12.6 Å². The fourth-order valence-electron chi connectivity index (χ4n) is 3.36. The smallest absolute Gasteiger partial charge is 0.200 e. The summed E-state index contributed by atoms with van der Waals surface area (Å²) in [6, 6.07) is 3.30. The Hall–Kier alpha value is -2.89. The fourth-order valence-corrected chi connectivity index (χ4v) is 7.13. The quantitative estimate of drug-likeness (QED) is 0.0887. The van der Waals surface area contributed by atoms with Gasteiger partial charge in [-0.1, -0.05) is 49.4 Å². The molecule has 0 radical (unpaired) electrons. The van der Waals surface area contributed by atoms with Crippen LogP contribution in [0.15, 0.2) is 66.5 Å². The molecule has 0 aromatic heterocycles. The third-order valence-corrected chi connectivity index (χ3v) is 9.29. The van der Waals surface area contributed by atoms with Crippen molar-refractivity contribution < 1.29 is 61.5 Å². The lowest BCUT2D eigenvalue weighted by atomic mass is 10.1. The van der Waals surface area contributed by atoms with E-state index >= 15 is 8.78 Å². The van der Waals surface area contributed by atoms with E-state index in [0.717, 1.165) is 30.4 Å². The zero-order valence-corrected chi connectivity index (χ0v) is 20.2. The minimum atomic E-state index is -7.53. The van der Waals surface area contributed by atoms with Crippen LogP contribution in [-0.2, 0) is 0 Å². The minimum Gasteiger partial charge on any atom is -0.200 e. The highest BCUT2D eigenvalue weighted by molar-refractivity contribution is 7.93. The molecule has 2 aromatic rings. The molecule has 0 aliphatic carbocycles. The van der Waals surface area contributed by atoms with Gasteiger partial charge in [0, 0.05) is 0 Å². The zero-order chi connectivity index (χ0) is 30.0. The van der Waals surface area contributed by atoms with Crippen molar-refractivity contribution in [1.82, 2.24) is 0 Å². The molecular weight excluding hydrogens is 585 g/mol. The zero-order valence-electron chi connectivity index (χ0n) is 19.3. The maximum absolute atomic E-state index is 15.8. The van der Waals surface area contributed by atoms with E-state index in [0.29, 0.717) is 24.6 Å². The lowest BCUT2D eigenvalue weighted by molar-refractivity contribution is -0.382. The van der Waals surface area contributed by atoms with Crippen LogP contribution in [0.2, 0.25) is 0 Å². The Morgan fingerprint density at radius 3 is 1.54 bits per heavy atom. The summed E-state index contributed by atoms with van der Waals surface area (Å²) in [6.07, 6.45) is -2.08. The third kappa shape index (κ3) is 5.19. The summed E-state index contributed by atoms with van der Waals surface area (Å²) in [7, 11) is -6.61. The molecule has 0 fully saturated rings. The van der Waals surface area contributed by atoms with Gasteiger partial charge in [0.2, 0.25) is 29.1 Å². The van der Waals surface area contributed by atoms with Gasteiger partial charge in [-0.15, -0.1) is 0 Å². The van der Waals surface area contributed by atoms with Crippen LogP contribution in [0.3, 0.4) is 0 Å². The van der Waals surface area contributed by atoms with E-state index in [9.17, 15) is 52.7 Å². The molecule has 214 valence electrons. The van der Waals surface area contributed by atoms with E-state index in [1.54, 1.807) is 6.92 Å². The standard InChI is InChI=1S/C24H16F14P/c1-2-3-4-5-6-10-13-39(14-11-8-7-9-12-14,20-18(28)16(26)15(25)17(27)19(20)29)24(37,38)22(32,33)21(30,31)23(34,35)36/h3-13H,2H2,1H3/q+1/b4-3-,6-5-,13-10+. The van der Waals surface area contributed by atoms with Crippen molar-refractivity contribution in [3.05, 3.63) is 95.6 Å². The Balaban J connectivity index is 3.22. The van der Waals surface area contributed by atoms with Crippen LogP contribution < -0.4 is 10.6 Å². The van der Waals surface area contributed by atoms with Gasteiger partial charge in [-0.05, 0) is 24.6 Å². The van der Waals surface area contributed by atoms with Crippen molar-refractivity contribution in [1.29, 1.82) is 0 Å². The van der Waals surface area contributed by atoms with Crippen LogP contribution in [0, 0.1) is 29.1 Å². The molecule has 39 heavy (non-hydrogen) atoms. The molecule has 0 saturated heterocycles. The maximum atomic E-state index is 15.8. The van der Waals surface area contributed by atoms with Gasteiger partial charge in [0.05, 0.1) is 5.82 Å². The summed E-state index contributed by atoms with van der Waals surface area (Å²) in [5.41, 5.74) is -6.80. The van der Waals surface area contributed by atoms with E-state index < -0.39 is 70.6 Å². The molecule has 2 rings (SSSR count). The van der Waals surface area contributed by atoms with Gasteiger partial charge < -0.3 is 0 Å². The first kappa shape index (κ1) is 32.3. The van der Waals surface area contributed by atoms with E-state index in [1.807, 2.05) is 0 Å². The highest BCUT2D eigenvalue weighted by Crippen LogP contribution is 2.76. The molecule has 1 unspecified atom stereocenters. The van der Waals surface area contributed by atoms with Gasteiger partial charge in [-0.25, -0.2) is 13.2 Å². The van der Waals surface area contributed by atoms with Crippen LogP contribution in [0.1, 0.15) is 13.3 Å². The van der Waals surface area contributed by atoms with Gasteiger partial charge in [0.25, 0.3) is 0 Å². The summed E-state index contributed by atoms with van der Waals surface area (Å²) < 4.78 is 200. The Labute approximate surface area is 212 Å². The molecule has 0 bridgehead atoms. The van der Waals surface area contributed by atoms with E-state index in [-0.39, 0.29) is 5.82 Å². The van der Waals surface area contributed by atoms with E-state index in [2.05, 4.69) is 0 Å². The van der Waals surface area contributed by atoms with E-state index in [1.165, 1.54) is 12.2 Å². The van der Waals surface area contributed by atoms with Gasteiger partial charge in [0.1, 0.15) is 5.30 Å². The second-order valence-electron chi connectivity index (χ2n) is 7.73. The summed E-state index contributed by atoms with van der Waals surface area (Å²) in [6.45, 7) is 1.65. The summed E-state index contributed by atoms with van der Waals surface area (Å²) >= 11 is 0. The number of rotatable bonds is 9. The largest absolute Gasteiger partial charge is 0.460 e. The molecule has 0 heterocycles. The molecule has 0 aliphatic rings. The molecule has 0 aliphatic heterocycles. The number of hydrogen-bond acceptors (Lipinski definition) is 0. The molecule has 0 amide bonds. The van der Waals surface area contributed by atoms with Crippen molar-refractivity contribution in [2.45, 2.75) is 37.0 Å². The fraction of sp³-hybridized carbons (Fsp3) is 0.250. The number of benzene rings is 2. The average molecular weight is 601 g/mol. The van der Waals surface area contributed by atoms with Crippen molar-refractivity contribution in [3.63, 3.8) is 0 Å². The second-order valence-corrected chi connectivity index (χ2v) is 11.0. The molecule has 0 saturated carbocycles. The van der Waals surface area contributed by atoms with Gasteiger partial charge >= 0.3 is 23.7 Å². The monoisotopic (exact) mass is 601 g/mol. The number of hydrogen-bond donors (Lipinski definition) is 0. The van der Waals surface area contributed by atoms with Crippen molar-refractivity contribution in [2.24, 2.45) is 0 Å². The molecular formula is C24H16F14P+. The van der Waals surface area contributed by atoms with E-state index in [4.69, 9.17) is 0 Å². The summed E-state index contributed by atoms with van der Waals surface area (Å²) in [5, 5.41) is -4.08. The highest BCUT2D eigenvalue weighted by Gasteiger charge is 2.90. The maximum Gasteiger partial charge on any atom is 0.460 e. The summed E-state index contributed by atoms with van der Waals surface area (Å²) in [5.74, 6) is -30.2. The Morgan fingerprint density at radius 2 is 1.08 bits per heavy atom. The summed E-state index contributed by atoms with van der Waals surface area (Å²) in [4.78, 5) is 0. The van der Waals surface area contributed by atoms with Crippen molar-refractivity contribution in [2.75, 3.05) is 0 Å². The van der Waals surface area contributed by atoms with Crippen LogP contribution >= 0.6 is 7.26 Å². The molecule has 0 N–H and O–H groups in total. The van der Waals surface area contributed by atoms with Crippen LogP contribution in [-0.4, -0.2) is 23.7 Å². The first-order valence-electron chi connectivity index (χ1n) is 10.5. The molecule has 1 atom stereocenters. The van der Waals surface area contributed by atoms with Crippen LogP contribution in [0.4, 0.5) is 61.5 Å². The van der Waals surface area contributed by atoms with Crippen LogP contribution in [0.5, 0.6) is 0 Å². The third-order valence-electron chi connectivity index (χ3n) is 5.29. The molecule has 0 spiro atoms. The first-order chi connectivity index (χ1) is 17.8. The minimum absolute atomic E-state index is 0.225. The molecule has 2 aromatic carbocycles. The Morgan fingerprint density at radius 1 is 0.615 bits per heavy atom. The number of allylic oxidation sites excluding steroid dienone is 5. The lowest BCUT2D eigenvalue weighted by Crippen LogP contribution is -2.63. The topological polar surface area (TPSA) is 0 Å². The normalized spacial score (nSPS) is 15.6. The lowest BCUT2D eigenvalue weighted by Gasteiger charge is -2.38. The highest BCUT2D eigenvalue weighted by atomic mass is 31.2.